The summed E-state index contributed by atoms with van der Waals surface area (Å²) in [5.41, 5.74) is 1.44. The van der Waals surface area contributed by atoms with E-state index in [1.54, 1.807) is 24.3 Å². The lowest BCUT2D eigenvalue weighted by Crippen LogP contribution is -2.35. The second kappa shape index (κ2) is 6.99. The third kappa shape index (κ3) is 3.20. The first kappa shape index (κ1) is 19.6. The predicted octanol–water partition coefficient (Wildman–Crippen LogP) is 4.03. The van der Waals surface area contributed by atoms with Crippen molar-refractivity contribution < 1.29 is 24.2 Å². The fraction of sp³-hybridized carbons (Fsp3) is 0.545. The van der Waals surface area contributed by atoms with Crippen LogP contribution in [-0.2, 0) is 14.3 Å². The fourth-order valence-corrected chi connectivity index (χ4v) is 5.26. The Bertz CT molecular complexity index is 841. The maximum absolute atomic E-state index is 12.6. The highest BCUT2D eigenvalue weighted by Crippen LogP contribution is 2.52. The van der Waals surface area contributed by atoms with Gasteiger partial charge in [-0.25, -0.2) is 4.79 Å². The van der Waals surface area contributed by atoms with Crippen LogP contribution < -0.4 is 0 Å². The Morgan fingerprint density at radius 2 is 2.00 bits per heavy atom. The van der Waals surface area contributed by atoms with Gasteiger partial charge in [0.05, 0.1) is 17.1 Å². The van der Waals surface area contributed by atoms with Crippen LogP contribution in [0.25, 0.3) is 0 Å². The van der Waals surface area contributed by atoms with Crippen molar-refractivity contribution in [2.45, 2.75) is 57.8 Å². The molecule has 2 fully saturated rings. The molecule has 4 rings (SSSR count). The van der Waals surface area contributed by atoms with Crippen LogP contribution >= 0.6 is 15.9 Å². The predicted molar refractivity (Wildman–Crippen MR) is 107 cm³/mol. The van der Waals surface area contributed by atoms with Crippen LogP contribution in [0.5, 0.6) is 0 Å². The monoisotopic (exact) mass is 448 g/mol. The van der Waals surface area contributed by atoms with Gasteiger partial charge in [-0.3, -0.25) is 4.79 Å². The maximum Gasteiger partial charge on any atom is 0.338 e. The number of benzene rings is 1. The number of esters is 2. The molecule has 6 atom stereocenters. The summed E-state index contributed by atoms with van der Waals surface area (Å²) in [5.74, 6) is -0.852. The second-order valence-electron chi connectivity index (χ2n) is 8.53. The number of rotatable bonds is 2. The summed E-state index contributed by atoms with van der Waals surface area (Å²) >= 11 is 3.36. The van der Waals surface area contributed by atoms with Crippen LogP contribution in [0, 0.1) is 17.8 Å². The number of halogens is 1. The average Bonchev–Trinajstić information content (AvgIpc) is 3.07. The summed E-state index contributed by atoms with van der Waals surface area (Å²) < 4.78 is 12.4. The summed E-state index contributed by atoms with van der Waals surface area (Å²) in [6.07, 6.45) is 1.13. The van der Waals surface area contributed by atoms with Gasteiger partial charge in [-0.1, -0.05) is 22.9 Å². The summed E-state index contributed by atoms with van der Waals surface area (Å²) in [4.78, 5) is 24.8. The first-order valence-corrected chi connectivity index (χ1v) is 10.6. The molecule has 0 radical (unpaired) electrons. The standard InChI is InChI=1S/C22H25BrO5/c1-11-15-8-9-22(3,26)16-10-17(12(2)18(16)19(15)28-20(11)24)27-21(25)13-4-6-14(23)7-5-13/h4-7,11,15-17,19,26H,8-10H2,1-3H3/t11-,15-,16?,17-,19-,22+/m0/s1. The highest BCUT2D eigenvalue weighted by Gasteiger charge is 2.55. The van der Waals surface area contributed by atoms with Gasteiger partial charge >= 0.3 is 11.9 Å². The minimum atomic E-state index is -0.911. The Morgan fingerprint density at radius 3 is 2.68 bits per heavy atom. The van der Waals surface area contributed by atoms with Gasteiger partial charge in [0, 0.05) is 16.3 Å². The Kier molecular flexibility index (Phi) is 4.91. The summed E-state index contributed by atoms with van der Waals surface area (Å²) in [5, 5.41) is 11.1. The van der Waals surface area contributed by atoms with E-state index in [4.69, 9.17) is 9.47 Å². The van der Waals surface area contributed by atoms with Crippen molar-refractivity contribution in [2.75, 3.05) is 0 Å². The molecular weight excluding hydrogens is 424 g/mol. The van der Waals surface area contributed by atoms with Gasteiger partial charge in [0.2, 0.25) is 0 Å². The van der Waals surface area contributed by atoms with Crippen molar-refractivity contribution in [1.29, 1.82) is 0 Å². The van der Waals surface area contributed by atoms with Crippen LogP contribution in [0.4, 0.5) is 0 Å². The van der Waals surface area contributed by atoms with Crippen molar-refractivity contribution in [3.63, 3.8) is 0 Å². The summed E-state index contributed by atoms with van der Waals surface area (Å²) in [7, 11) is 0. The molecule has 2 aliphatic carbocycles. The van der Waals surface area contributed by atoms with E-state index in [-0.39, 0.29) is 35.8 Å². The molecule has 3 aliphatic rings. The van der Waals surface area contributed by atoms with Crippen molar-refractivity contribution in [2.24, 2.45) is 17.8 Å². The third-order valence-electron chi connectivity index (χ3n) is 6.78. The van der Waals surface area contributed by atoms with E-state index in [0.717, 1.165) is 22.0 Å². The van der Waals surface area contributed by atoms with Gasteiger partial charge in [-0.15, -0.1) is 0 Å². The van der Waals surface area contributed by atoms with E-state index in [0.29, 0.717) is 18.4 Å². The van der Waals surface area contributed by atoms with E-state index >= 15 is 0 Å². The molecule has 28 heavy (non-hydrogen) atoms. The Labute approximate surface area is 173 Å². The topological polar surface area (TPSA) is 72.8 Å². The molecule has 1 N–H and O–H groups in total. The van der Waals surface area contributed by atoms with Crippen LogP contribution in [0.1, 0.15) is 50.4 Å². The maximum atomic E-state index is 12.6. The Hall–Kier alpha value is -1.66. The number of aliphatic hydroxyl groups is 1. The van der Waals surface area contributed by atoms with E-state index in [2.05, 4.69) is 15.9 Å². The molecule has 0 aromatic heterocycles. The number of hydrogen-bond donors (Lipinski definition) is 1. The van der Waals surface area contributed by atoms with Gasteiger partial charge in [0.25, 0.3) is 0 Å². The quantitative estimate of drug-likeness (QED) is 0.545. The molecule has 1 saturated heterocycles. The largest absolute Gasteiger partial charge is 0.457 e. The molecule has 1 unspecified atom stereocenters. The zero-order valence-corrected chi connectivity index (χ0v) is 17.9. The molecule has 0 amide bonds. The van der Waals surface area contributed by atoms with Gasteiger partial charge in [-0.2, -0.15) is 0 Å². The Morgan fingerprint density at radius 1 is 1.32 bits per heavy atom. The number of ether oxygens (including phenoxy) is 2. The summed E-state index contributed by atoms with van der Waals surface area (Å²) in [6, 6.07) is 7.04. The normalized spacial score (nSPS) is 37.2. The van der Waals surface area contributed by atoms with E-state index in [9.17, 15) is 14.7 Å². The molecule has 6 heteroatoms. The minimum Gasteiger partial charge on any atom is -0.457 e. The smallest absolute Gasteiger partial charge is 0.338 e. The van der Waals surface area contributed by atoms with E-state index in [1.807, 2.05) is 20.8 Å². The Balaban J connectivity index is 1.64. The van der Waals surface area contributed by atoms with Gasteiger partial charge < -0.3 is 14.6 Å². The van der Waals surface area contributed by atoms with Crippen molar-refractivity contribution in [1.82, 2.24) is 0 Å². The molecule has 1 aromatic carbocycles. The number of fused-ring (bicyclic) bond motifs is 3. The molecule has 1 saturated carbocycles. The lowest BCUT2D eigenvalue weighted by Gasteiger charge is -2.31. The number of carbonyl (C=O) groups is 2. The SMILES string of the molecule is CC1=C2C(C[C@@H]1OC(=O)c1ccc(Br)cc1)[C@](C)(O)CC[C@H]1[C@H](C)C(=O)O[C@H]21. The molecule has 150 valence electrons. The molecule has 1 heterocycles. The van der Waals surface area contributed by atoms with Gasteiger partial charge in [-0.05, 0) is 68.5 Å². The first-order chi connectivity index (χ1) is 13.2. The second-order valence-corrected chi connectivity index (χ2v) is 9.45. The van der Waals surface area contributed by atoms with Gasteiger partial charge in [0.15, 0.2) is 0 Å². The molecule has 0 bridgehead atoms. The van der Waals surface area contributed by atoms with Crippen LogP contribution in [0.2, 0.25) is 0 Å². The van der Waals surface area contributed by atoms with Gasteiger partial charge in [0.1, 0.15) is 12.2 Å². The van der Waals surface area contributed by atoms with Crippen molar-refractivity contribution in [3.05, 3.63) is 45.4 Å². The van der Waals surface area contributed by atoms with Crippen molar-refractivity contribution in [3.8, 4) is 0 Å². The van der Waals surface area contributed by atoms with Crippen LogP contribution in [0.15, 0.2) is 39.9 Å². The molecule has 0 spiro atoms. The van der Waals surface area contributed by atoms with E-state index < -0.39 is 11.7 Å². The molecule has 5 nitrogen and oxygen atoms in total. The minimum absolute atomic E-state index is 0.0647. The van der Waals surface area contributed by atoms with Crippen LogP contribution in [0.3, 0.4) is 0 Å². The zero-order chi connectivity index (χ0) is 20.2. The third-order valence-corrected chi connectivity index (χ3v) is 7.31. The fourth-order valence-electron chi connectivity index (χ4n) is 5.00. The molecular formula is C22H25BrO5. The van der Waals surface area contributed by atoms with Crippen LogP contribution in [-0.4, -0.2) is 34.9 Å². The first-order valence-electron chi connectivity index (χ1n) is 9.79. The summed E-state index contributed by atoms with van der Waals surface area (Å²) in [6.45, 7) is 5.68. The highest BCUT2D eigenvalue weighted by molar-refractivity contribution is 9.10. The number of hydrogen-bond acceptors (Lipinski definition) is 5. The molecule has 1 aliphatic heterocycles. The lowest BCUT2D eigenvalue weighted by atomic mass is 9.81. The lowest BCUT2D eigenvalue weighted by molar-refractivity contribution is -0.143. The van der Waals surface area contributed by atoms with Crippen molar-refractivity contribution >= 4 is 27.9 Å². The average molecular weight is 449 g/mol. The van der Waals surface area contributed by atoms with E-state index in [1.165, 1.54) is 0 Å². The highest BCUT2D eigenvalue weighted by atomic mass is 79.9. The molecule has 1 aromatic rings. The zero-order valence-electron chi connectivity index (χ0n) is 16.3. The number of carbonyl (C=O) groups excluding carboxylic acids is 2.